The number of aryl methyl sites for hydroxylation is 1. The summed E-state index contributed by atoms with van der Waals surface area (Å²) in [4.78, 5) is 0. The van der Waals surface area contributed by atoms with Gasteiger partial charge in [0.15, 0.2) is 0 Å². The van der Waals surface area contributed by atoms with E-state index in [1.807, 2.05) is 0 Å². The van der Waals surface area contributed by atoms with Crippen molar-refractivity contribution in [3.05, 3.63) is 35.4 Å². The van der Waals surface area contributed by atoms with E-state index < -0.39 is 0 Å². The predicted molar refractivity (Wildman–Crippen MR) is 63.2 cm³/mol. The highest BCUT2D eigenvalue weighted by atomic mass is 16.5. The molecule has 1 heterocycles. The van der Waals surface area contributed by atoms with Crippen LogP contribution in [0.4, 0.5) is 0 Å². The van der Waals surface area contributed by atoms with Crippen LogP contribution in [-0.2, 0) is 11.3 Å². The van der Waals surface area contributed by atoms with Crippen molar-refractivity contribution in [3.63, 3.8) is 0 Å². The first kappa shape index (κ1) is 11.6. The van der Waals surface area contributed by atoms with Gasteiger partial charge in [-0.3, -0.25) is 0 Å². The molecule has 3 nitrogen and oxygen atoms in total. The molecule has 0 unspecified atom stereocenters. The molecule has 1 aromatic carbocycles. The second-order valence-corrected chi connectivity index (χ2v) is 4.74. The molecule has 2 rings (SSSR count). The van der Waals surface area contributed by atoms with Gasteiger partial charge in [-0.05, 0) is 12.5 Å². The molecule has 0 atom stereocenters. The van der Waals surface area contributed by atoms with Crippen LogP contribution >= 0.6 is 0 Å². The van der Waals surface area contributed by atoms with Crippen LogP contribution < -0.4 is 5.32 Å². The molecule has 16 heavy (non-hydrogen) atoms. The maximum absolute atomic E-state index is 9.25. The molecule has 0 amide bonds. The third-order valence-corrected chi connectivity index (χ3v) is 3.10. The summed E-state index contributed by atoms with van der Waals surface area (Å²) in [5.74, 6) is 0. The van der Waals surface area contributed by atoms with Crippen molar-refractivity contribution < 1.29 is 9.84 Å². The van der Waals surface area contributed by atoms with E-state index in [-0.39, 0.29) is 12.0 Å². The quantitative estimate of drug-likeness (QED) is 0.782. The van der Waals surface area contributed by atoms with E-state index in [1.165, 1.54) is 11.1 Å². The van der Waals surface area contributed by atoms with Crippen LogP contribution in [0.5, 0.6) is 0 Å². The minimum absolute atomic E-state index is 0.0370. The SMILES string of the molecule is Cc1ccc(CNCC2(CO)COC2)cc1. The van der Waals surface area contributed by atoms with Crippen molar-refractivity contribution in [1.82, 2.24) is 5.32 Å². The summed E-state index contributed by atoms with van der Waals surface area (Å²) in [5.41, 5.74) is 2.52. The Morgan fingerprint density at radius 1 is 1.31 bits per heavy atom. The van der Waals surface area contributed by atoms with Crippen LogP contribution in [0.3, 0.4) is 0 Å². The number of nitrogens with one attached hydrogen (secondary N) is 1. The second kappa shape index (κ2) is 4.95. The zero-order chi connectivity index (χ0) is 11.4. The summed E-state index contributed by atoms with van der Waals surface area (Å²) in [6.07, 6.45) is 0. The molecular formula is C13H19NO2. The zero-order valence-corrected chi connectivity index (χ0v) is 9.70. The molecule has 1 aliphatic rings. The minimum atomic E-state index is -0.0370. The average molecular weight is 221 g/mol. The molecule has 88 valence electrons. The second-order valence-electron chi connectivity index (χ2n) is 4.74. The van der Waals surface area contributed by atoms with E-state index in [2.05, 4.69) is 36.5 Å². The summed E-state index contributed by atoms with van der Waals surface area (Å²) in [5, 5.41) is 12.6. The average Bonchev–Trinajstić information content (AvgIpc) is 2.25. The van der Waals surface area contributed by atoms with E-state index >= 15 is 0 Å². The number of aliphatic hydroxyl groups excluding tert-OH is 1. The number of rotatable bonds is 5. The highest BCUT2D eigenvalue weighted by molar-refractivity contribution is 5.21. The largest absolute Gasteiger partial charge is 0.396 e. The highest BCUT2D eigenvalue weighted by Gasteiger charge is 2.37. The van der Waals surface area contributed by atoms with Gasteiger partial charge in [0.25, 0.3) is 0 Å². The van der Waals surface area contributed by atoms with Crippen molar-refractivity contribution in [2.45, 2.75) is 13.5 Å². The third kappa shape index (κ3) is 2.61. The molecule has 1 aromatic rings. The maximum atomic E-state index is 9.25. The summed E-state index contributed by atoms with van der Waals surface area (Å²) >= 11 is 0. The number of hydrogen-bond acceptors (Lipinski definition) is 3. The molecule has 2 N–H and O–H groups in total. The van der Waals surface area contributed by atoms with Gasteiger partial charge in [0.05, 0.1) is 25.2 Å². The van der Waals surface area contributed by atoms with Gasteiger partial charge in [0.1, 0.15) is 0 Å². The number of benzene rings is 1. The number of hydrogen-bond donors (Lipinski definition) is 2. The summed E-state index contributed by atoms with van der Waals surface area (Å²) in [7, 11) is 0. The van der Waals surface area contributed by atoms with Crippen molar-refractivity contribution in [2.24, 2.45) is 5.41 Å². The van der Waals surface area contributed by atoms with Crippen molar-refractivity contribution in [2.75, 3.05) is 26.4 Å². The molecule has 1 aliphatic heterocycles. The van der Waals surface area contributed by atoms with Crippen LogP contribution in [0, 0.1) is 12.3 Å². The van der Waals surface area contributed by atoms with E-state index in [0.29, 0.717) is 13.2 Å². The smallest absolute Gasteiger partial charge is 0.0579 e. The lowest BCUT2D eigenvalue weighted by atomic mass is 9.87. The fraction of sp³-hybridized carbons (Fsp3) is 0.538. The monoisotopic (exact) mass is 221 g/mol. The fourth-order valence-electron chi connectivity index (χ4n) is 1.82. The standard InChI is InChI=1S/C13H19NO2/c1-11-2-4-12(5-3-11)6-14-7-13(8-15)9-16-10-13/h2-5,14-15H,6-10H2,1H3. The molecule has 0 aliphatic carbocycles. The summed E-state index contributed by atoms with van der Waals surface area (Å²) < 4.78 is 5.15. The highest BCUT2D eigenvalue weighted by Crippen LogP contribution is 2.25. The van der Waals surface area contributed by atoms with E-state index in [0.717, 1.165) is 13.1 Å². The maximum Gasteiger partial charge on any atom is 0.0579 e. The lowest BCUT2D eigenvalue weighted by Gasteiger charge is -2.40. The Bertz CT molecular complexity index is 325. The lowest BCUT2D eigenvalue weighted by molar-refractivity contribution is -0.134. The molecule has 1 saturated heterocycles. The van der Waals surface area contributed by atoms with Gasteiger partial charge in [-0.2, -0.15) is 0 Å². The lowest BCUT2D eigenvalue weighted by Crippen LogP contribution is -2.52. The molecule has 0 spiro atoms. The fourth-order valence-corrected chi connectivity index (χ4v) is 1.82. The van der Waals surface area contributed by atoms with Crippen LogP contribution in [-0.4, -0.2) is 31.5 Å². The van der Waals surface area contributed by atoms with Crippen LogP contribution in [0.2, 0.25) is 0 Å². The normalized spacial score (nSPS) is 18.1. The molecule has 3 heteroatoms. The molecule has 1 fully saturated rings. The Morgan fingerprint density at radius 3 is 2.50 bits per heavy atom. The Morgan fingerprint density at radius 2 is 2.00 bits per heavy atom. The minimum Gasteiger partial charge on any atom is -0.396 e. The first-order valence-corrected chi connectivity index (χ1v) is 5.69. The van der Waals surface area contributed by atoms with Gasteiger partial charge >= 0.3 is 0 Å². The van der Waals surface area contributed by atoms with E-state index in [1.54, 1.807) is 0 Å². The Kier molecular flexibility index (Phi) is 3.59. The van der Waals surface area contributed by atoms with Crippen molar-refractivity contribution in [1.29, 1.82) is 0 Å². The van der Waals surface area contributed by atoms with E-state index in [9.17, 15) is 5.11 Å². The molecule has 0 bridgehead atoms. The number of ether oxygens (including phenoxy) is 1. The molecule has 0 radical (unpaired) electrons. The summed E-state index contributed by atoms with van der Waals surface area (Å²) in [6, 6.07) is 8.49. The van der Waals surface area contributed by atoms with Gasteiger partial charge in [0, 0.05) is 13.1 Å². The van der Waals surface area contributed by atoms with Crippen LogP contribution in [0.25, 0.3) is 0 Å². The number of aliphatic hydroxyl groups is 1. The molecule has 0 aromatic heterocycles. The first-order chi connectivity index (χ1) is 7.74. The zero-order valence-electron chi connectivity index (χ0n) is 9.70. The van der Waals surface area contributed by atoms with Gasteiger partial charge in [-0.1, -0.05) is 29.8 Å². The van der Waals surface area contributed by atoms with Gasteiger partial charge in [-0.25, -0.2) is 0 Å². The predicted octanol–water partition coefficient (Wildman–Crippen LogP) is 1.09. The first-order valence-electron chi connectivity index (χ1n) is 5.69. The van der Waals surface area contributed by atoms with E-state index in [4.69, 9.17) is 4.74 Å². The molecule has 0 saturated carbocycles. The van der Waals surface area contributed by atoms with Crippen molar-refractivity contribution in [3.8, 4) is 0 Å². The van der Waals surface area contributed by atoms with Crippen LogP contribution in [0.1, 0.15) is 11.1 Å². The van der Waals surface area contributed by atoms with Crippen molar-refractivity contribution >= 4 is 0 Å². The summed E-state index contributed by atoms with van der Waals surface area (Å²) in [6.45, 7) is 5.30. The third-order valence-electron chi connectivity index (χ3n) is 3.10. The molecular weight excluding hydrogens is 202 g/mol. The Labute approximate surface area is 96.4 Å². The van der Waals surface area contributed by atoms with Gasteiger partial charge in [-0.15, -0.1) is 0 Å². The Hall–Kier alpha value is -0.900. The van der Waals surface area contributed by atoms with Gasteiger partial charge < -0.3 is 15.2 Å². The topological polar surface area (TPSA) is 41.5 Å². The van der Waals surface area contributed by atoms with Gasteiger partial charge in [0.2, 0.25) is 0 Å². The van der Waals surface area contributed by atoms with Crippen LogP contribution in [0.15, 0.2) is 24.3 Å². The Balaban J connectivity index is 1.77.